The van der Waals surface area contributed by atoms with Gasteiger partial charge in [0.1, 0.15) is 5.76 Å². The molecule has 92 valence electrons. The molecule has 0 bridgehead atoms. The van der Waals surface area contributed by atoms with Crippen LogP contribution in [0, 0.1) is 0 Å². The molecule has 1 aromatic rings. The molecule has 0 saturated heterocycles. The molecule has 0 amide bonds. The molecule has 0 saturated carbocycles. The Labute approximate surface area is 109 Å². The summed E-state index contributed by atoms with van der Waals surface area (Å²) in [5.74, 6) is 1.92. The maximum atomic E-state index is 9.25. The maximum Gasteiger partial charge on any atom is 0.134 e. The third-order valence-electron chi connectivity index (χ3n) is 2.41. The Morgan fingerprint density at radius 1 is 1.62 bits per heavy atom. The average molecular weight is 308 g/mol. The molecule has 1 heterocycles. The van der Waals surface area contributed by atoms with Crippen LogP contribution in [0.25, 0.3) is 0 Å². The van der Waals surface area contributed by atoms with Crippen molar-refractivity contribution in [2.24, 2.45) is 0 Å². The molecule has 16 heavy (non-hydrogen) atoms. The van der Waals surface area contributed by atoms with Crippen molar-refractivity contribution in [1.82, 2.24) is 5.32 Å². The van der Waals surface area contributed by atoms with Crippen LogP contribution in [-0.4, -0.2) is 29.8 Å². The number of aliphatic hydroxyl groups excluding tert-OH is 1. The fourth-order valence-electron chi connectivity index (χ4n) is 1.53. The van der Waals surface area contributed by atoms with Gasteiger partial charge in [-0.15, -0.1) is 0 Å². The van der Waals surface area contributed by atoms with Crippen LogP contribution in [0.15, 0.2) is 21.2 Å². The van der Waals surface area contributed by atoms with Gasteiger partial charge in [-0.2, -0.15) is 11.8 Å². The molecule has 2 unspecified atom stereocenters. The van der Waals surface area contributed by atoms with Gasteiger partial charge in [0.2, 0.25) is 0 Å². The molecule has 0 fully saturated rings. The number of nitrogens with one attached hydrogen (secondary N) is 1. The number of thioether (sulfide) groups is 1. The minimum absolute atomic E-state index is 0.100. The van der Waals surface area contributed by atoms with E-state index in [0.717, 1.165) is 22.4 Å². The monoisotopic (exact) mass is 307 g/mol. The smallest absolute Gasteiger partial charge is 0.134 e. The number of halogens is 1. The summed E-state index contributed by atoms with van der Waals surface area (Å²) in [6, 6.07) is 2.10. The number of rotatable bonds is 7. The Morgan fingerprint density at radius 3 is 2.88 bits per heavy atom. The lowest BCUT2D eigenvalue weighted by Gasteiger charge is -2.20. The molecule has 0 aliphatic carbocycles. The van der Waals surface area contributed by atoms with Crippen molar-refractivity contribution in [1.29, 1.82) is 0 Å². The molecule has 5 heteroatoms. The van der Waals surface area contributed by atoms with Gasteiger partial charge >= 0.3 is 0 Å². The van der Waals surface area contributed by atoms with Gasteiger partial charge in [0.15, 0.2) is 0 Å². The molecule has 2 N–H and O–H groups in total. The van der Waals surface area contributed by atoms with E-state index in [0.29, 0.717) is 0 Å². The van der Waals surface area contributed by atoms with Gasteiger partial charge in [-0.3, -0.25) is 0 Å². The highest BCUT2D eigenvalue weighted by Gasteiger charge is 2.16. The second-order valence-electron chi connectivity index (χ2n) is 3.68. The van der Waals surface area contributed by atoms with E-state index < -0.39 is 0 Å². The summed E-state index contributed by atoms with van der Waals surface area (Å²) < 4.78 is 6.35. The van der Waals surface area contributed by atoms with Crippen LogP contribution in [-0.2, 0) is 0 Å². The molecule has 0 radical (unpaired) electrons. The highest BCUT2D eigenvalue weighted by molar-refractivity contribution is 9.10. The second-order valence-corrected chi connectivity index (χ2v) is 5.52. The number of aliphatic hydroxyl groups is 1. The first-order valence-corrected chi connectivity index (χ1v) is 7.46. The van der Waals surface area contributed by atoms with E-state index in [4.69, 9.17) is 4.42 Å². The lowest BCUT2D eigenvalue weighted by molar-refractivity contribution is 0.225. The van der Waals surface area contributed by atoms with E-state index in [1.807, 2.05) is 13.0 Å². The topological polar surface area (TPSA) is 45.4 Å². The largest absolute Gasteiger partial charge is 0.466 e. The summed E-state index contributed by atoms with van der Waals surface area (Å²) in [6.45, 7) is 2.19. The predicted molar refractivity (Wildman–Crippen MR) is 71.8 cm³/mol. The third-order valence-corrected chi connectivity index (χ3v) is 3.71. The fourth-order valence-corrected chi connectivity index (χ4v) is 2.60. The Morgan fingerprint density at radius 2 is 2.38 bits per heavy atom. The van der Waals surface area contributed by atoms with Crippen LogP contribution < -0.4 is 5.32 Å². The van der Waals surface area contributed by atoms with Crippen molar-refractivity contribution in [3.63, 3.8) is 0 Å². The van der Waals surface area contributed by atoms with Gasteiger partial charge in [0.25, 0.3) is 0 Å². The second kappa shape index (κ2) is 7.37. The molecule has 3 nitrogen and oxygen atoms in total. The van der Waals surface area contributed by atoms with Crippen molar-refractivity contribution in [3.05, 3.63) is 22.6 Å². The Bertz CT molecular complexity index is 306. The van der Waals surface area contributed by atoms with E-state index in [9.17, 15) is 5.11 Å². The van der Waals surface area contributed by atoms with Crippen LogP contribution in [0.3, 0.4) is 0 Å². The first-order valence-electron chi connectivity index (χ1n) is 5.27. The lowest BCUT2D eigenvalue weighted by atomic mass is 10.2. The molecule has 1 aromatic heterocycles. The minimum atomic E-state index is 0.100. The van der Waals surface area contributed by atoms with Gasteiger partial charge in [0.05, 0.1) is 23.4 Å². The van der Waals surface area contributed by atoms with E-state index in [1.165, 1.54) is 0 Å². The van der Waals surface area contributed by atoms with Crippen LogP contribution in [0.4, 0.5) is 0 Å². The van der Waals surface area contributed by atoms with Crippen LogP contribution in [0.2, 0.25) is 0 Å². The zero-order chi connectivity index (χ0) is 12.0. The maximum absolute atomic E-state index is 9.25. The zero-order valence-corrected chi connectivity index (χ0v) is 12.0. The summed E-state index contributed by atoms with van der Waals surface area (Å²) in [6.07, 6.45) is 4.69. The highest BCUT2D eigenvalue weighted by atomic mass is 79.9. The molecular weight excluding hydrogens is 290 g/mol. The summed E-state index contributed by atoms with van der Waals surface area (Å²) in [4.78, 5) is 0. The highest BCUT2D eigenvalue weighted by Crippen LogP contribution is 2.24. The first kappa shape index (κ1) is 14.1. The normalized spacial score (nSPS) is 15.0. The molecule has 0 aromatic carbocycles. The Balaban J connectivity index is 2.48. The lowest BCUT2D eigenvalue weighted by Crippen LogP contribution is -2.35. The first-order chi connectivity index (χ1) is 7.69. The minimum Gasteiger partial charge on any atom is -0.466 e. The number of hydrogen-bond donors (Lipinski definition) is 2. The summed E-state index contributed by atoms with van der Waals surface area (Å²) >= 11 is 5.22. The molecular formula is C11H18BrNO2S. The predicted octanol–water partition coefficient (Wildman–Crippen LogP) is 2.81. The Kier molecular flexibility index (Phi) is 6.49. The van der Waals surface area contributed by atoms with E-state index in [-0.39, 0.29) is 18.7 Å². The van der Waals surface area contributed by atoms with Crippen LogP contribution >= 0.6 is 27.7 Å². The molecule has 1 rings (SSSR count). The van der Waals surface area contributed by atoms with Crippen molar-refractivity contribution in [2.45, 2.75) is 25.4 Å². The van der Waals surface area contributed by atoms with E-state index in [2.05, 4.69) is 27.5 Å². The summed E-state index contributed by atoms with van der Waals surface area (Å²) in [5, 5.41) is 12.6. The average Bonchev–Trinajstić information content (AvgIpc) is 2.70. The SMILES string of the molecule is CSCCC(CO)NC(C)c1occc1Br. The zero-order valence-electron chi connectivity index (χ0n) is 9.57. The standard InChI is InChI=1S/C11H18BrNO2S/c1-8(11-10(12)3-5-15-11)13-9(7-14)4-6-16-2/h3,5,8-9,13-14H,4,6-7H2,1-2H3. The van der Waals surface area contributed by atoms with Gasteiger partial charge in [-0.25, -0.2) is 0 Å². The molecule has 0 spiro atoms. The van der Waals surface area contributed by atoms with E-state index >= 15 is 0 Å². The fraction of sp³-hybridized carbons (Fsp3) is 0.636. The van der Waals surface area contributed by atoms with Crippen molar-refractivity contribution < 1.29 is 9.52 Å². The Hall–Kier alpha value is 0.0300. The molecule has 0 aliphatic rings. The molecule has 0 aliphatic heterocycles. The van der Waals surface area contributed by atoms with Crippen LogP contribution in [0.5, 0.6) is 0 Å². The summed E-state index contributed by atoms with van der Waals surface area (Å²) in [7, 11) is 0. The van der Waals surface area contributed by atoms with Crippen molar-refractivity contribution in [2.75, 3.05) is 18.6 Å². The van der Waals surface area contributed by atoms with Gasteiger partial charge in [-0.05, 0) is 47.3 Å². The molecule has 2 atom stereocenters. The quantitative estimate of drug-likeness (QED) is 0.813. The van der Waals surface area contributed by atoms with Crippen molar-refractivity contribution in [3.8, 4) is 0 Å². The third kappa shape index (κ3) is 4.13. The number of furan rings is 1. The van der Waals surface area contributed by atoms with Gasteiger partial charge in [-0.1, -0.05) is 0 Å². The summed E-state index contributed by atoms with van der Waals surface area (Å²) in [5.41, 5.74) is 0. The number of hydrogen-bond acceptors (Lipinski definition) is 4. The van der Waals surface area contributed by atoms with Crippen molar-refractivity contribution >= 4 is 27.7 Å². The van der Waals surface area contributed by atoms with Gasteiger partial charge < -0.3 is 14.8 Å². The van der Waals surface area contributed by atoms with E-state index in [1.54, 1.807) is 18.0 Å². The van der Waals surface area contributed by atoms with Crippen LogP contribution in [0.1, 0.15) is 25.1 Å². The van der Waals surface area contributed by atoms with Gasteiger partial charge in [0, 0.05) is 6.04 Å².